The van der Waals surface area contributed by atoms with E-state index in [1.54, 1.807) is 6.07 Å². The second-order valence-electron chi connectivity index (χ2n) is 4.33. The zero-order valence-electron chi connectivity index (χ0n) is 10.8. The molecule has 2 unspecified atom stereocenters. The smallest absolute Gasteiger partial charge is 0.162 e. The number of hydrogen-bond acceptors (Lipinski definition) is 3. The van der Waals surface area contributed by atoms with Gasteiger partial charge in [-0.2, -0.15) is 0 Å². The van der Waals surface area contributed by atoms with Crippen LogP contribution in [0.1, 0.15) is 24.3 Å². The second-order valence-corrected chi connectivity index (χ2v) is 6.08. The van der Waals surface area contributed by atoms with Gasteiger partial charge in [-0.1, -0.05) is 18.5 Å². The lowest BCUT2D eigenvalue weighted by Gasteiger charge is -2.23. The molecule has 2 aromatic rings. The number of thiophene rings is 1. The minimum Gasteiger partial charge on any atom is -0.483 e. The van der Waals surface area contributed by atoms with E-state index in [9.17, 15) is 8.78 Å². The minimum absolute atomic E-state index is 0.238. The predicted octanol–water partition coefficient (Wildman–Crippen LogP) is 4.54. The summed E-state index contributed by atoms with van der Waals surface area (Å²) in [6.45, 7) is 1.93. The molecule has 0 fully saturated rings. The molecule has 0 aliphatic rings. The summed E-state index contributed by atoms with van der Waals surface area (Å²) in [5.41, 5.74) is 6.05. The summed E-state index contributed by atoms with van der Waals surface area (Å²) in [5, 5.41) is 0. The molecule has 20 heavy (non-hydrogen) atoms. The van der Waals surface area contributed by atoms with Crippen molar-refractivity contribution in [3.63, 3.8) is 0 Å². The van der Waals surface area contributed by atoms with Crippen LogP contribution in [0.15, 0.2) is 30.3 Å². The van der Waals surface area contributed by atoms with Crippen LogP contribution < -0.4 is 10.5 Å². The van der Waals surface area contributed by atoms with Crippen molar-refractivity contribution in [2.45, 2.75) is 25.5 Å². The van der Waals surface area contributed by atoms with E-state index < -0.39 is 17.7 Å². The number of ether oxygens (including phenoxy) is 1. The topological polar surface area (TPSA) is 35.2 Å². The Morgan fingerprint density at radius 3 is 2.55 bits per heavy atom. The highest BCUT2D eigenvalue weighted by Gasteiger charge is 2.22. The van der Waals surface area contributed by atoms with E-state index in [0.29, 0.717) is 10.8 Å². The van der Waals surface area contributed by atoms with Gasteiger partial charge in [-0.3, -0.25) is 0 Å². The van der Waals surface area contributed by atoms with Gasteiger partial charge in [-0.05, 0) is 30.7 Å². The number of benzene rings is 1. The normalized spacial score (nSPS) is 14.1. The lowest BCUT2D eigenvalue weighted by Crippen LogP contribution is -2.30. The summed E-state index contributed by atoms with van der Waals surface area (Å²) in [6.07, 6.45) is 0.242. The van der Waals surface area contributed by atoms with E-state index in [1.165, 1.54) is 17.4 Å². The van der Waals surface area contributed by atoms with Gasteiger partial charge in [0.25, 0.3) is 0 Å². The van der Waals surface area contributed by atoms with Crippen LogP contribution in [0, 0.1) is 11.6 Å². The largest absolute Gasteiger partial charge is 0.483 e. The fourth-order valence-corrected chi connectivity index (χ4v) is 2.92. The van der Waals surface area contributed by atoms with Crippen LogP contribution in [0.2, 0.25) is 4.34 Å². The van der Waals surface area contributed by atoms with E-state index in [4.69, 9.17) is 22.1 Å². The molecule has 0 radical (unpaired) electrons. The summed E-state index contributed by atoms with van der Waals surface area (Å²) < 4.78 is 32.5. The Kier molecular flexibility index (Phi) is 4.96. The zero-order valence-corrected chi connectivity index (χ0v) is 12.3. The van der Waals surface area contributed by atoms with Crippen molar-refractivity contribution in [2.24, 2.45) is 5.73 Å². The molecule has 0 spiro atoms. The van der Waals surface area contributed by atoms with E-state index >= 15 is 0 Å². The van der Waals surface area contributed by atoms with Gasteiger partial charge in [-0.15, -0.1) is 11.3 Å². The number of nitrogens with two attached hydrogens (primary N) is 1. The fourth-order valence-electron chi connectivity index (χ4n) is 1.75. The highest BCUT2D eigenvalue weighted by molar-refractivity contribution is 7.16. The molecule has 0 aliphatic heterocycles. The molecule has 0 amide bonds. The molecule has 2 nitrogen and oxygen atoms in total. The molecule has 0 saturated heterocycles. The first-order chi connectivity index (χ1) is 9.51. The van der Waals surface area contributed by atoms with Crippen molar-refractivity contribution in [3.8, 4) is 5.75 Å². The Bertz CT molecular complexity index is 590. The van der Waals surface area contributed by atoms with Crippen molar-refractivity contribution in [1.29, 1.82) is 0 Å². The zero-order chi connectivity index (χ0) is 14.7. The van der Waals surface area contributed by atoms with Crippen LogP contribution in [0.25, 0.3) is 0 Å². The molecule has 108 valence electrons. The molecule has 2 N–H and O–H groups in total. The Morgan fingerprint density at radius 2 is 2.00 bits per heavy atom. The van der Waals surface area contributed by atoms with Crippen LogP contribution >= 0.6 is 22.9 Å². The van der Waals surface area contributed by atoms with Gasteiger partial charge in [0.1, 0.15) is 11.9 Å². The van der Waals surface area contributed by atoms with Gasteiger partial charge < -0.3 is 10.5 Å². The van der Waals surface area contributed by atoms with Crippen LogP contribution in [0.3, 0.4) is 0 Å². The van der Waals surface area contributed by atoms with Gasteiger partial charge in [0.05, 0.1) is 4.34 Å². The van der Waals surface area contributed by atoms with Gasteiger partial charge in [0, 0.05) is 17.0 Å². The van der Waals surface area contributed by atoms with Gasteiger partial charge >= 0.3 is 0 Å². The van der Waals surface area contributed by atoms with Crippen LogP contribution in [-0.4, -0.2) is 6.04 Å². The van der Waals surface area contributed by atoms with E-state index in [1.807, 2.05) is 13.0 Å². The summed E-state index contributed by atoms with van der Waals surface area (Å²) in [4.78, 5) is 0.856. The van der Waals surface area contributed by atoms with E-state index in [0.717, 1.165) is 17.0 Å². The van der Waals surface area contributed by atoms with Crippen LogP contribution in [-0.2, 0) is 0 Å². The lowest BCUT2D eigenvalue weighted by atomic mass is 10.1. The number of halogens is 3. The third-order valence-electron chi connectivity index (χ3n) is 2.89. The Morgan fingerprint density at radius 1 is 1.25 bits per heavy atom. The molecule has 0 aliphatic carbocycles. The van der Waals surface area contributed by atoms with Crippen molar-refractivity contribution >= 4 is 22.9 Å². The van der Waals surface area contributed by atoms with E-state index in [2.05, 4.69) is 0 Å². The average Bonchev–Trinajstić information content (AvgIpc) is 2.85. The average molecular weight is 318 g/mol. The fraction of sp³-hybridized carbons (Fsp3) is 0.286. The molecular formula is C14H14ClF2NOS. The van der Waals surface area contributed by atoms with Crippen molar-refractivity contribution < 1.29 is 13.5 Å². The first-order valence-corrected chi connectivity index (χ1v) is 7.33. The summed E-state index contributed by atoms with van der Waals surface area (Å²) >= 11 is 7.27. The second kappa shape index (κ2) is 6.52. The lowest BCUT2D eigenvalue weighted by molar-refractivity contribution is 0.173. The van der Waals surface area contributed by atoms with Crippen LogP contribution in [0.4, 0.5) is 8.78 Å². The highest BCUT2D eigenvalue weighted by atomic mass is 35.5. The minimum atomic E-state index is -0.949. The highest BCUT2D eigenvalue weighted by Crippen LogP contribution is 2.33. The summed E-state index contributed by atoms with van der Waals surface area (Å²) in [6, 6.07) is 6.74. The molecule has 6 heteroatoms. The third-order valence-corrected chi connectivity index (χ3v) is 4.18. The summed E-state index contributed by atoms with van der Waals surface area (Å²) in [7, 11) is 0. The van der Waals surface area contributed by atoms with Crippen molar-refractivity contribution in [2.75, 3.05) is 0 Å². The molecule has 0 saturated carbocycles. The Balaban J connectivity index is 2.25. The molecule has 0 bridgehead atoms. The van der Waals surface area contributed by atoms with E-state index in [-0.39, 0.29) is 11.8 Å². The number of rotatable bonds is 5. The first-order valence-electron chi connectivity index (χ1n) is 6.13. The van der Waals surface area contributed by atoms with Crippen molar-refractivity contribution in [1.82, 2.24) is 0 Å². The molecular weight excluding hydrogens is 304 g/mol. The quantitative estimate of drug-likeness (QED) is 0.879. The first kappa shape index (κ1) is 15.2. The standard InChI is InChI=1S/C14H14ClF2NOS/c1-2-11(18)14(12-5-6-13(15)20-12)19-8-3-4-9(16)10(17)7-8/h3-7,11,14H,2,18H2,1H3. The molecule has 1 aromatic carbocycles. The van der Waals surface area contributed by atoms with Crippen LogP contribution in [0.5, 0.6) is 5.75 Å². The van der Waals surface area contributed by atoms with Gasteiger partial charge in [-0.25, -0.2) is 8.78 Å². The Hall–Kier alpha value is -1.17. The molecule has 1 heterocycles. The maximum absolute atomic E-state index is 13.2. The van der Waals surface area contributed by atoms with Gasteiger partial charge in [0.2, 0.25) is 0 Å². The SMILES string of the molecule is CCC(N)C(Oc1ccc(F)c(F)c1)c1ccc(Cl)s1. The molecule has 2 atom stereocenters. The predicted molar refractivity (Wildman–Crippen MR) is 77.3 cm³/mol. The third kappa shape index (κ3) is 3.48. The Labute approximate surface area is 125 Å². The maximum atomic E-state index is 13.2. The molecule has 1 aromatic heterocycles. The number of hydrogen-bond donors (Lipinski definition) is 1. The summed E-state index contributed by atoms with van der Waals surface area (Å²) in [5.74, 6) is -1.62. The maximum Gasteiger partial charge on any atom is 0.162 e. The monoisotopic (exact) mass is 317 g/mol. The molecule has 2 rings (SSSR count). The van der Waals surface area contributed by atoms with Crippen molar-refractivity contribution in [3.05, 3.63) is 51.2 Å². The van der Waals surface area contributed by atoms with Gasteiger partial charge in [0.15, 0.2) is 11.6 Å².